The fraction of sp³-hybridized carbons (Fsp3) is 0.238. The Bertz CT molecular complexity index is 921. The number of aromatic nitrogens is 2. The Kier molecular flexibility index (Phi) is 7.43. The van der Waals surface area contributed by atoms with E-state index in [1.165, 1.54) is 0 Å². The first-order chi connectivity index (χ1) is 13.5. The highest BCUT2D eigenvalue weighted by Crippen LogP contribution is 2.27. The van der Waals surface area contributed by atoms with Gasteiger partial charge in [-0.25, -0.2) is 4.98 Å². The summed E-state index contributed by atoms with van der Waals surface area (Å²) < 4.78 is 2.07. The fourth-order valence-corrected chi connectivity index (χ4v) is 4.31. The Labute approximate surface area is 179 Å². The average Bonchev–Trinajstić information content (AvgIpc) is 3.08. The molecule has 3 aromatic rings. The molecule has 1 amide bonds. The molecule has 1 aromatic heterocycles. The number of benzene rings is 2. The van der Waals surface area contributed by atoms with Crippen LogP contribution in [0.4, 0.5) is 0 Å². The standard InChI is InChI=1S/C21H21Cl2N3OS/c1-15-24-9-11-26(15)13-16-5-7-17(8-6-16)21(27)25-10-12-28-14-18-19(22)3-2-4-20(18)23/h2-9,11H,10,12-14H2,1H3,(H,25,27). The van der Waals surface area contributed by atoms with Crippen LogP contribution in [-0.2, 0) is 12.3 Å². The molecule has 0 aliphatic heterocycles. The maximum absolute atomic E-state index is 12.3. The number of hydrogen-bond donors (Lipinski definition) is 1. The topological polar surface area (TPSA) is 46.9 Å². The van der Waals surface area contributed by atoms with Crippen LogP contribution in [0.1, 0.15) is 27.3 Å². The monoisotopic (exact) mass is 433 g/mol. The highest BCUT2D eigenvalue weighted by Gasteiger charge is 2.07. The van der Waals surface area contributed by atoms with Gasteiger partial charge < -0.3 is 9.88 Å². The number of aryl methyl sites for hydroxylation is 1. The summed E-state index contributed by atoms with van der Waals surface area (Å²) in [7, 11) is 0. The van der Waals surface area contributed by atoms with Crippen LogP contribution in [0.15, 0.2) is 54.9 Å². The molecule has 0 spiro atoms. The first kappa shape index (κ1) is 20.8. The molecule has 0 bridgehead atoms. The second-order valence-corrected chi connectivity index (χ2v) is 8.23. The minimum Gasteiger partial charge on any atom is -0.351 e. The van der Waals surface area contributed by atoms with Crippen LogP contribution >= 0.6 is 35.0 Å². The number of carbonyl (C=O) groups excluding carboxylic acids is 1. The number of rotatable bonds is 8. The van der Waals surface area contributed by atoms with Crippen molar-refractivity contribution in [3.8, 4) is 0 Å². The van der Waals surface area contributed by atoms with Crippen LogP contribution in [0.5, 0.6) is 0 Å². The number of amides is 1. The van der Waals surface area contributed by atoms with Gasteiger partial charge in [-0.3, -0.25) is 4.79 Å². The molecule has 0 atom stereocenters. The SMILES string of the molecule is Cc1nccn1Cc1ccc(C(=O)NCCSCc2c(Cl)cccc2Cl)cc1. The van der Waals surface area contributed by atoms with Crippen LogP contribution in [0.3, 0.4) is 0 Å². The van der Waals surface area contributed by atoms with Crippen molar-refractivity contribution in [3.05, 3.63) is 87.4 Å². The third kappa shape index (κ3) is 5.53. The number of thioether (sulfide) groups is 1. The first-order valence-electron chi connectivity index (χ1n) is 8.90. The Morgan fingerprint density at radius 3 is 2.50 bits per heavy atom. The molecule has 1 N–H and O–H groups in total. The highest BCUT2D eigenvalue weighted by atomic mass is 35.5. The maximum Gasteiger partial charge on any atom is 0.251 e. The molecule has 4 nitrogen and oxygen atoms in total. The number of carbonyl (C=O) groups is 1. The second kappa shape index (κ2) is 10.0. The first-order valence-corrected chi connectivity index (χ1v) is 10.8. The zero-order chi connectivity index (χ0) is 19.9. The van der Waals surface area contributed by atoms with Gasteiger partial charge in [-0.2, -0.15) is 11.8 Å². The van der Waals surface area contributed by atoms with Crippen molar-refractivity contribution in [1.82, 2.24) is 14.9 Å². The quantitative estimate of drug-likeness (QED) is 0.495. The lowest BCUT2D eigenvalue weighted by Gasteiger charge is -2.09. The van der Waals surface area contributed by atoms with Crippen molar-refractivity contribution in [1.29, 1.82) is 0 Å². The molecule has 7 heteroatoms. The van der Waals surface area contributed by atoms with Gasteiger partial charge in [-0.15, -0.1) is 0 Å². The summed E-state index contributed by atoms with van der Waals surface area (Å²) in [6, 6.07) is 13.2. The van der Waals surface area contributed by atoms with E-state index >= 15 is 0 Å². The fourth-order valence-electron chi connectivity index (χ4n) is 2.71. The summed E-state index contributed by atoms with van der Waals surface area (Å²) in [5.74, 6) is 2.40. The molecule has 2 aromatic carbocycles. The normalized spacial score (nSPS) is 10.8. The van der Waals surface area contributed by atoms with Crippen molar-refractivity contribution in [3.63, 3.8) is 0 Å². The molecule has 1 heterocycles. The van der Waals surface area contributed by atoms with Gasteiger partial charge in [0.05, 0.1) is 0 Å². The van der Waals surface area contributed by atoms with Gasteiger partial charge in [-0.1, -0.05) is 41.4 Å². The zero-order valence-electron chi connectivity index (χ0n) is 15.5. The van der Waals surface area contributed by atoms with Gasteiger partial charge in [-0.05, 0) is 42.3 Å². The molecule has 0 aliphatic carbocycles. The number of halogens is 2. The van der Waals surface area contributed by atoms with E-state index in [1.807, 2.05) is 55.6 Å². The summed E-state index contributed by atoms with van der Waals surface area (Å²) >= 11 is 14.0. The van der Waals surface area contributed by atoms with E-state index in [4.69, 9.17) is 23.2 Å². The van der Waals surface area contributed by atoms with Crippen molar-refractivity contribution in [2.45, 2.75) is 19.2 Å². The lowest BCUT2D eigenvalue weighted by atomic mass is 10.1. The lowest BCUT2D eigenvalue weighted by Crippen LogP contribution is -2.25. The number of nitrogens with one attached hydrogen (secondary N) is 1. The van der Waals surface area contributed by atoms with Crippen LogP contribution in [-0.4, -0.2) is 27.8 Å². The van der Waals surface area contributed by atoms with Gasteiger partial charge in [0.25, 0.3) is 5.91 Å². The summed E-state index contributed by atoms with van der Waals surface area (Å²) in [5.41, 5.74) is 2.72. The smallest absolute Gasteiger partial charge is 0.251 e. The van der Waals surface area contributed by atoms with Crippen molar-refractivity contribution < 1.29 is 4.79 Å². The third-order valence-electron chi connectivity index (χ3n) is 4.33. The molecular weight excluding hydrogens is 413 g/mol. The maximum atomic E-state index is 12.3. The van der Waals surface area contributed by atoms with Crippen molar-refractivity contribution >= 4 is 40.9 Å². The molecule has 0 unspecified atom stereocenters. The number of nitrogens with zero attached hydrogens (tertiary/aromatic N) is 2. The van der Waals surface area contributed by atoms with Gasteiger partial charge in [0.15, 0.2) is 0 Å². The van der Waals surface area contributed by atoms with Crippen LogP contribution in [0.2, 0.25) is 10.0 Å². The zero-order valence-corrected chi connectivity index (χ0v) is 17.8. The molecular formula is C21H21Cl2N3OS. The number of hydrogen-bond acceptors (Lipinski definition) is 3. The van der Waals surface area contributed by atoms with E-state index in [1.54, 1.807) is 18.0 Å². The summed E-state index contributed by atoms with van der Waals surface area (Å²) in [6.07, 6.45) is 3.73. The molecule has 0 saturated heterocycles. The Hall–Kier alpha value is -1.95. The van der Waals surface area contributed by atoms with Crippen LogP contribution < -0.4 is 5.32 Å². The highest BCUT2D eigenvalue weighted by molar-refractivity contribution is 7.98. The van der Waals surface area contributed by atoms with Crippen molar-refractivity contribution in [2.24, 2.45) is 0 Å². The average molecular weight is 434 g/mol. The number of imidazole rings is 1. The van der Waals surface area contributed by atoms with Gasteiger partial charge in [0.1, 0.15) is 5.82 Å². The molecule has 28 heavy (non-hydrogen) atoms. The minimum absolute atomic E-state index is 0.0678. The van der Waals surface area contributed by atoms with E-state index in [0.29, 0.717) is 22.2 Å². The third-order valence-corrected chi connectivity index (χ3v) is 6.03. The summed E-state index contributed by atoms with van der Waals surface area (Å²) in [4.78, 5) is 16.5. The predicted octanol–water partition coefficient (Wildman–Crippen LogP) is 5.21. The molecule has 146 valence electrons. The molecule has 0 saturated carbocycles. The van der Waals surface area contributed by atoms with Gasteiger partial charge in [0.2, 0.25) is 0 Å². The van der Waals surface area contributed by atoms with Crippen LogP contribution in [0.25, 0.3) is 0 Å². The van der Waals surface area contributed by atoms with Gasteiger partial charge >= 0.3 is 0 Å². The van der Waals surface area contributed by atoms with E-state index in [0.717, 1.165) is 35.0 Å². The lowest BCUT2D eigenvalue weighted by molar-refractivity contribution is 0.0956. The van der Waals surface area contributed by atoms with Crippen LogP contribution in [0, 0.1) is 6.92 Å². The van der Waals surface area contributed by atoms with E-state index < -0.39 is 0 Å². The Morgan fingerprint density at radius 2 is 1.86 bits per heavy atom. The second-order valence-electron chi connectivity index (χ2n) is 6.31. The molecule has 0 radical (unpaired) electrons. The van der Waals surface area contributed by atoms with Gasteiger partial charge in [0, 0.05) is 52.6 Å². The summed E-state index contributed by atoms with van der Waals surface area (Å²) in [5, 5.41) is 4.30. The molecule has 3 rings (SSSR count). The summed E-state index contributed by atoms with van der Waals surface area (Å²) in [6.45, 7) is 3.30. The van der Waals surface area contributed by atoms with E-state index in [9.17, 15) is 4.79 Å². The Balaban J connectivity index is 1.43. The van der Waals surface area contributed by atoms with Crippen molar-refractivity contribution in [2.75, 3.05) is 12.3 Å². The Morgan fingerprint density at radius 1 is 1.14 bits per heavy atom. The molecule has 0 fully saturated rings. The van der Waals surface area contributed by atoms with E-state index in [-0.39, 0.29) is 5.91 Å². The molecule has 0 aliphatic rings. The predicted molar refractivity (Wildman–Crippen MR) is 117 cm³/mol. The minimum atomic E-state index is -0.0678. The largest absolute Gasteiger partial charge is 0.351 e. The van der Waals surface area contributed by atoms with E-state index in [2.05, 4.69) is 14.9 Å².